The number of hydrogen-bond acceptors (Lipinski definition) is 5. The molecule has 6 heteroatoms. The van der Waals surface area contributed by atoms with Crippen molar-refractivity contribution in [3.05, 3.63) is 52.7 Å². The molecule has 156 valence electrons. The third-order valence-electron chi connectivity index (χ3n) is 5.77. The number of aromatic nitrogens is 1. The van der Waals surface area contributed by atoms with E-state index in [1.165, 1.54) is 35.8 Å². The van der Waals surface area contributed by atoms with Crippen LogP contribution in [0.1, 0.15) is 58.8 Å². The van der Waals surface area contributed by atoms with Crippen LogP contribution in [0.5, 0.6) is 0 Å². The first-order valence-electron chi connectivity index (χ1n) is 10.7. The highest BCUT2D eigenvalue weighted by Crippen LogP contribution is 2.31. The lowest BCUT2D eigenvalue weighted by atomic mass is 10.1. The molecule has 1 aromatic heterocycles. The number of oxazole rings is 1. The molecule has 1 amide bonds. The molecule has 0 spiro atoms. The molecule has 29 heavy (non-hydrogen) atoms. The maximum absolute atomic E-state index is 12.4. The number of amides is 1. The molecule has 1 atom stereocenters. The summed E-state index contributed by atoms with van der Waals surface area (Å²) >= 11 is 0. The molecule has 1 saturated heterocycles. The van der Waals surface area contributed by atoms with Crippen molar-refractivity contribution in [2.24, 2.45) is 5.92 Å². The fourth-order valence-corrected chi connectivity index (χ4v) is 3.84. The van der Waals surface area contributed by atoms with Crippen molar-refractivity contribution in [2.75, 3.05) is 19.7 Å². The topological polar surface area (TPSA) is 67.6 Å². The predicted molar refractivity (Wildman–Crippen MR) is 111 cm³/mol. The quantitative estimate of drug-likeness (QED) is 0.700. The van der Waals surface area contributed by atoms with E-state index in [0.717, 1.165) is 38.5 Å². The molecule has 2 heterocycles. The Bertz CT molecular complexity index is 838. The van der Waals surface area contributed by atoms with Crippen molar-refractivity contribution in [2.45, 2.75) is 58.7 Å². The van der Waals surface area contributed by atoms with Gasteiger partial charge >= 0.3 is 0 Å². The van der Waals surface area contributed by atoms with E-state index in [9.17, 15) is 4.79 Å². The molecule has 4 rings (SSSR count). The van der Waals surface area contributed by atoms with Crippen LogP contribution in [0.3, 0.4) is 0 Å². The maximum Gasteiger partial charge on any atom is 0.273 e. The van der Waals surface area contributed by atoms with Gasteiger partial charge in [0.1, 0.15) is 6.26 Å². The Morgan fingerprint density at radius 3 is 2.86 bits per heavy atom. The van der Waals surface area contributed by atoms with Crippen LogP contribution < -0.4 is 5.32 Å². The first kappa shape index (κ1) is 20.1. The molecule has 6 nitrogen and oxygen atoms in total. The van der Waals surface area contributed by atoms with Gasteiger partial charge in [-0.25, -0.2) is 4.98 Å². The van der Waals surface area contributed by atoms with Crippen LogP contribution in [0, 0.1) is 19.8 Å². The standard InChI is InChI=1S/C23H31N3O3/c1-16-5-6-17(2)19(10-16)13-26(12-18-7-8-18)14-22-25-21(15-29-22)23(27)24-11-20-4-3-9-28-20/h5-6,10,15,18,20H,3-4,7-9,11-14H2,1-2H3,(H,24,27). The summed E-state index contributed by atoms with van der Waals surface area (Å²) in [6.07, 6.45) is 6.24. The number of rotatable bonds is 9. The van der Waals surface area contributed by atoms with E-state index in [-0.39, 0.29) is 12.0 Å². The van der Waals surface area contributed by atoms with Crippen LogP contribution in [0.25, 0.3) is 0 Å². The number of hydrogen-bond donors (Lipinski definition) is 1. The molecule has 2 fully saturated rings. The Labute approximate surface area is 172 Å². The Hall–Kier alpha value is -2.18. The molecular formula is C23H31N3O3. The molecule has 1 saturated carbocycles. The van der Waals surface area contributed by atoms with Gasteiger partial charge in [-0.05, 0) is 56.6 Å². The van der Waals surface area contributed by atoms with Gasteiger partial charge in [-0.3, -0.25) is 9.69 Å². The second-order valence-corrected chi connectivity index (χ2v) is 8.51. The van der Waals surface area contributed by atoms with Gasteiger partial charge in [-0.1, -0.05) is 23.8 Å². The molecule has 2 aromatic rings. The molecule has 2 aliphatic rings. The van der Waals surface area contributed by atoms with E-state index in [2.05, 4.69) is 47.2 Å². The highest BCUT2D eigenvalue weighted by atomic mass is 16.5. The lowest BCUT2D eigenvalue weighted by molar-refractivity contribution is 0.0853. The fourth-order valence-electron chi connectivity index (χ4n) is 3.84. The number of ether oxygens (including phenoxy) is 1. The summed E-state index contributed by atoms with van der Waals surface area (Å²) in [5.41, 5.74) is 4.26. The molecule has 1 aromatic carbocycles. The molecule has 1 aliphatic heterocycles. The fraction of sp³-hybridized carbons (Fsp3) is 0.565. The van der Waals surface area contributed by atoms with Crippen molar-refractivity contribution < 1.29 is 13.9 Å². The lowest BCUT2D eigenvalue weighted by Crippen LogP contribution is -2.32. The molecule has 1 unspecified atom stereocenters. The van der Waals surface area contributed by atoms with Gasteiger partial charge in [0.05, 0.1) is 12.6 Å². The summed E-state index contributed by atoms with van der Waals surface area (Å²) in [5.74, 6) is 1.17. The minimum atomic E-state index is -0.196. The van der Waals surface area contributed by atoms with Gasteiger partial charge in [0.2, 0.25) is 5.89 Å². The zero-order valence-electron chi connectivity index (χ0n) is 17.4. The molecule has 0 bridgehead atoms. The van der Waals surface area contributed by atoms with Crippen molar-refractivity contribution in [1.82, 2.24) is 15.2 Å². The Kier molecular flexibility index (Phi) is 6.31. The molecule has 1 N–H and O–H groups in total. The normalized spacial score (nSPS) is 19.1. The van der Waals surface area contributed by atoms with E-state index < -0.39 is 0 Å². The van der Waals surface area contributed by atoms with Gasteiger partial charge in [-0.2, -0.15) is 0 Å². The van der Waals surface area contributed by atoms with Crippen LogP contribution in [0.15, 0.2) is 28.9 Å². The Balaban J connectivity index is 1.37. The second-order valence-electron chi connectivity index (χ2n) is 8.51. The number of nitrogens with one attached hydrogen (secondary N) is 1. The summed E-state index contributed by atoms with van der Waals surface area (Å²) in [4.78, 5) is 19.2. The first-order valence-corrected chi connectivity index (χ1v) is 10.7. The van der Waals surface area contributed by atoms with Crippen molar-refractivity contribution >= 4 is 5.91 Å². The largest absolute Gasteiger partial charge is 0.447 e. The van der Waals surface area contributed by atoms with Gasteiger partial charge in [0.15, 0.2) is 5.69 Å². The van der Waals surface area contributed by atoms with Gasteiger partial charge in [0, 0.05) is 26.2 Å². The van der Waals surface area contributed by atoms with Gasteiger partial charge in [0.25, 0.3) is 5.91 Å². The lowest BCUT2D eigenvalue weighted by Gasteiger charge is -2.22. The summed E-state index contributed by atoms with van der Waals surface area (Å²) in [6, 6.07) is 6.59. The average Bonchev–Trinajstić information content (AvgIpc) is 3.17. The predicted octanol–water partition coefficient (Wildman–Crippen LogP) is 3.61. The zero-order chi connectivity index (χ0) is 20.2. The number of nitrogens with zero attached hydrogens (tertiary/aromatic N) is 2. The molecular weight excluding hydrogens is 366 g/mol. The van der Waals surface area contributed by atoms with Crippen molar-refractivity contribution in [3.63, 3.8) is 0 Å². The summed E-state index contributed by atoms with van der Waals surface area (Å²) in [7, 11) is 0. The molecule has 1 aliphatic carbocycles. The number of benzene rings is 1. The van der Waals surface area contributed by atoms with Gasteiger partial charge in [-0.15, -0.1) is 0 Å². The first-order chi connectivity index (χ1) is 14.1. The second kappa shape index (κ2) is 9.09. The molecule has 0 radical (unpaired) electrons. The van der Waals surface area contributed by atoms with E-state index in [4.69, 9.17) is 9.15 Å². The zero-order valence-corrected chi connectivity index (χ0v) is 17.4. The van der Waals surface area contributed by atoms with Crippen molar-refractivity contribution in [1.29, 1.82) is 0 Å². The minimum absolute atomic E-state index is 0.122. The number of aryl methyl sites for hydroxylation is 2. The summed E-state index contributed by atoms with van der Waals surface area (Å²) in [6.45, 7) is 8.12. The van der Waals surface area contributed by atoms with Crippen LogP contribution in [-0.2, 0) is 17.8 Å². The highest BCUT2D eigenvalue weighted by molar-refractivity contribution is 5.91. The van der Waals surface area contributed by atoms with Crippen molar-refractivity contribution in [3.8, 4) is 0 Å². The third-order valence-corrected chi connectivity index (χ3v) is 5.77. The summed E-state index contributed by atoms with van der Waals surface area (Å²) in [5, 5.41) is 2.90. The van der Waals surface area contributed by atoms with E-state index in [0.29, 0.717) is 24.7 Å². The highest BCUT2D eigenvalue weighted by Gasteiger charge is 2.26. The smallest absolute Gasteiger partial charge is 0.273 e. The van der Waals surface area contributed by atoms with E-state index >= 15 is 0 Å². The maximum atomic E-state index is 12.4. The number of carbonyl (C=O) groups is 1. The van der Waals surface area contributed by atoms with Crippen LogP contribution in [0.4, 0.5) is 0 Å². The van der Waals surface area contributed by atoms with Gasteiger partial charge < -0.3 is 14.5 Å². The van der Waals surface area contributed by atoms with Crippen LogP contribution in [-0.4, -0.2) is 41.6 Å². The van der Waals surface area contributed by atoms with E-state index in [1.54, 1.807) is 0 Å². The SMILES string of the molecule is Cc1ccc(C)c(CN(Cc2nc(C(=O)NCC3CCCO3)co2)CC2CC2)c1. The third kappa shape index (κ3) is 5.67. The Morgan fingerprint density at radius 2 is 2.10 bits per heavy atom. The monoisotopic (exact) mass is 397 g/mol. The van der Waals surface area contributed by atoms with Crippen LogP contribution >= 0.6 is 0 Å². The average molecular weight is 398 g/mol. The minimum Gasteiger partial charge on any atom is -0.447 e. The Morgan fingerprint density at radius 1 is 1.24 bits per heavy atom. The summed E-state index contributed by atoms with van der Waals surface area (Å²) < 4.78 is 11.2. The number of carbonyl (C=O) groups excluding carboxylic acids is 1. The van der Waals surface area contributed by atoms with Crippen LogP contribution in [0.2, 0.25) is 0 Å². The van der Waals surface area contributed by atoms with E-state index in [1.807, 2.05) is 0 Å².